The van der Waals surface area contributed by atoms with Gasteiger partial charge < -0.3 is 5.11 Å². The Balaban J connectivity index is 2.22. The van der Waals surface area contributed by atoms with Gasteiger partial charge in [-0.15, -0.1) is 0 Å². The standard InChI is InChI=1S/C12H7F2N3O/c13-9-2-1-8(11(14)12(9)18)7-3-4-17-10(5-7)15-6-16-17/h1-6,18H. The molecule has 0 aliphatic rings. The van der Waals surface area contributed by atoms with E-state index in [1.54, 1.807) is 18.3 Å². The summed E-state index contributed by atoms with van der Waals surface area (Å²) in [4.78, 5) is 3.97. The first-order valence-electron chi connectivity index (χ1n) is 5.13. The van der Waals surface area contributed by atoms with Crippen molar-refractivity contribution < 1.29 is 13.9 Å². The average molecular weight is 247 g/mol. The predicted molar refractivity (Wildman–Crippen MR) is 60.0 cm³/mol. The summed E-state index contributed by atoms with van der Waals surface area (Å²) in [5.41, 5.74) is 1.14. The van der Waals surface area contributed by atoms with Gasteiger partial charge in [0.25, 0.3) is 0 Å². The molecule has 0 radical (unpaired) electrons. The smallest absolute Gasteiger partial charge is 0.188 e. The van der Waals surface area contributed by atoms with E-state index in [0.29, 0.717) is 11.2 Å². The molecule has 90 valence electrons. The molecule has 0 amide bonds. The molecule has 4 nitrogen and oxygen atoms in total. The van der Waals surface area contributed by atoms with Crippen molar-refractivity contribution in [1.82, 2.24) is 14.6 Å². The van der Waals surface area contributed by atoms with Crippen molar-refractivity contribution in [2.75, 3.05) is 0 Å². The Kier molecular flexibility index (Phi) is 2.22. The quantitative estimate of drug-likeness (QED) is 0.718. The highest BCUT2D eigenvalue weighted by atomic mass is 19.1. The van der Waals surface area contributed by atoms with Gasteiger partial charge in [-0.2, -0.15) is 5.10 Å². The third kappa shape index (κ3) is 1.50. The maximum absolute atomic E-state index is 13.7. The van der Waals surface area contributed by atoms with Gasteiger partial charge in [0.05, 0.1) is 0 Å². The lowest BCUT2D eigenvalue weighted by Crippen LogP contribution is -1.91. The Morgan fingerprint density at radius 2 is 2.00 bits per heavy atom. The van der Waals surface area contributed by atoms with Gasteiger partial charge >= 0.3 is 0 Å². The Morgan fingerprint density at radius 1 is 1.17 bits per heavy atom. The minimum atomic E-state index is -0.987. The highest BCUT2D eigenvalue weighted by Gasteiger charge is 2.14. The first kappa shape index (κ1) is 10.6. The van der Waals surface area contributed by atoms with Crippen LogP contribution in [0.1, 0.15) is 0 Å². The van der Waals surface area contributed by atoms with Crippen LogP contribution in [-0.4, -0.2) is 19.7 Å². The van der Waals surface area contributed by atoms with Crippen LogP contribution in [0.3, 0.4) is 0 Å². The summed E-state index contributed by atoms with van der Waals surface area (Å²) in [6.45, 7) is 0. The van der Waals surface area contributed by atoms with Crippen molar-refractivity contribution in [2.24, 2.45) is 0 Å². The van der Waals surface area contributed by atoms with Crippen molar-refractivity contribution in [1.29, 1.82) is 0 Å². The summed E-state index contributed by atoms with van der Waals surface area (Å²) in [6, 6.07) is 5.49. The van der Waals surface area contributed by atoms with Crippen LogP contribution in [0, 0.1) is 11.6 Å². The predicted octanol–water partition coefficient (Wildman–Crippen LogP) is 2.38. The lowest BCUT2D eigenvalue weighted by Gasteiger charge is -2.05. The van der Waals surface area contributed by atoms with E-state index < -0.39 is 17.4 Å². The molecule has 2 heterocycles. The summed E-state index contributed by atoms with van der Waals surface area (Å²) in [5, 5.41) is 13.1. The normalized spacial score (nSPS) is 11.0. The molecule has 0 aliphatic heterocycles. The number of rotatable bonds is 1. The van der Waals surface area contributed by atoms with Crippen LogP contribution in [0.4, 0.5) is 8.78 Å². The minimum Gasteiger partial charge on any atom is -0.503 e. The SMILES string of the molecule is Oc1c(F)ccc(-c2ccn3ncnc3c2)c1F. The molecule has 0 atom stereocenters. The zero-order valence-corrected chi connectivity index (χ0v) is 9.01. The molecule has 0 aliphatic carbocycles. The number of nitrogens with zero attached hydrogens (tertiary/aromatic N) is 3. The summed E-state index contributed by atoms with van der Waals surface area (Å²) in [6.07, 6.45) is 2.98. The third-order valence-corrected chi connectivity index (χ3v) is 2.66. The van der Waals surface area contributed by atoms with Crippen molar-refractivity contribution >= 4 is 5.65 Å². The number of phenols is 1. The van der Waals surface area contributed by atoms with Gasteiger partial charge in [0.1, 0.15) is 6.33 Å². The molecule has 6 heteroatoms. The molecule has 0 bridgehead atoms. The Hall–Kier alpha value is -2.50. The number of fused-ring (bicyclic) bond motifs is 1. The number of benzene rings is 1. The van der Waals surface area contributed by atoms with Gasteiger partial charge in [-0.05, 0) is 29.8 Å². The van der Waals surface area contributed by atoms with Crippen molar-refractivity contribution in [3.05, 3.63) is 48.4 Å². The number of aromatic nitrogens is 3. The molecule has 18 heavy (non-hydrogen) atoms. The fraction of sp³-hybridized carbons (Fsp3) is 0. The van der Waals surface area contributed by atoms with E-state index in [0.717, 1.165) is 6.07 Å². The molecule has 0 fully saturated rings. The molecule has 1 N–H and O–H groups in total. The maximum Gasteiger partial charge on any atom is 0.188 e. The van der Waals surface area contributed by atoms with E-state index >= 15 is 0 Å². The largest absolute Gasteiger partial charge is 0.503 e. The zero-order valence-electron chi connectivity index (χ0n) is 9.01. The summed E-state index contributed by atoms with van der Waals surface area (Å²) >= 11 is 0. The summed E-state index contributed by atoms with van der Waals surface area (Å²) in [5.74, 6) is -2.95. The zero-order chi connectivity index (χ0) is 12.7. The van der Waals surface area contributed by atoms with Crippen LogP contribution >= 0.6 is 0 Å². The molecule has 0 spiro atoms. The molecule has 0 unspecified atom stereocenters. The van der Waals surface area contributed by atoms with E-state index in [9.17, 15) is 13.9 Å². The number of pyridine rings is 1. The van der Waals surface area contributed by atoms with Gasteiger partial charge in [0.2, 0.25) is 0 Å². The van der Waals surface area contributed by atoms with Crippen LogP contribution in [0.15, 0.2) is 36.8 Å². The Labute approximate surface area is 100 Å². The first-order chi connectivity index (χ1) is 8.66. The molecule has 3 aromatic rings. The van der Waals surface area contributed by atoms with E-state index in [2.05, 4.69) is 10.1 Å². The number of aromatic hydroxyl groups is 1. The second kappa shape index (κ2) is 3.76. The summed E-state index contributed by atoms with van der Waals surface area (Å²) in [7, 11) is 0. The molecule has 2 aromatic heterocycles. The fourth-order valence-electron chi connectivity index (χ4n) is 1.75. The Morgan fingerprint density at radius 3 is 2.83 bits per heavy atom. The van der Waals surface area contributed by atoms with E-state index in [1.807, 2.05) is 0 Å². The molecular weight excluding hydrogens is 240 g/mol. The average Bonchev–Trinajstić information content (AvgIpc) is 2.83. The third-order valence-electron chi connectivity index (χ3n) is 2.66. The second-order valence-electron chi connectivity index (χ2n) is 3.74. The molecular formula is C12H7F2N3O. The van der Waals surface area contributed by atoms with Crippen LogP contribution in [0.5, 0.6) is 5.75 Å². The molecule has 3 rings (SSSR count). The van der Waals surface area contributed by atoms with E-state index in [-0.39, 0.29) is 5.56 Å². The molecule has 0 saturated carbocycles. The van der Waals surface area contributed by atoms with Crippen molar-refractivity contribution in [3.8, 4) is 16.9 Å². The van der Waals surface area contributed by atoms with Gasteiger partial charge in [-0.25, -0.2) is 18.3 Å². The topological polar surface area (TPSA) is 50.4 Å². The minimum absolute atomic E-state index is 0.111. The Bertz CT molecular complexity index is 739. The van der Waals surface area contributed by atoms with Gasteiger partial charge in [0.15, 0.2) is 23.0 Å². The number of phenolic OH excluding ortho intramolecular Hbond substituents is 1. The van der Waals surface area contributed by atoms with E-state index in [4.69, 9.17) is 0 Å². The number of halogens is 2. The highest BCUT2D eigenvalue weighted by molar-refractivity contribution is 5.69. The number of hydrogen-bond acceptors (Lipinski definition) is 3. The van der Waals surface area contributed by atoms with Crippen molar-refractivity contribution in [2.45, 2.75) is 0 Å². The van der Waals surface area contributed by atoms with Crippen LogP contribution in [0.2, 0.25) is 0 Å². The molecule has 0 saturated heterocycles. The van der Waals surface area contributed by atoms with Crippen LogP contribution in [0.25, 0.3) is 16.8 Å². The lowest BCUT2D eigenvalue weighted by molar-refractivity contribution is 0.397. The van der Waals surface area contributed by atoms with Gasteiger partial charge in [-0.3, -0.25) is 0 Å². The second-order valence-corrected chi connectivity index (χ2v) is 3.74. The lowest BCUT2D eigenvalue weighted by atomic mass is 10.1. The first-order valence-corrected chi connectivity index (χ1v) is 5.13. The van der Waals surface area contributed by atoms with E-state index in [1.165, 1.54) is 16.9 Å². The van der Waals surface area contributed by atoms with Gasteiger partial charge in [-0.1, -0.05) is 0 Å². The maximum atomic E-state index is 13.7. The van der Waals surface area contributed by atoms with Crippen molar-refractivity contribution in [3.63, 3.8) is 0 Å². The van der Waals surface area contributed by atoms with Crippen LogP contribution < -0.4 is 0 Å². The van der Waals surface area contributed by atoms with Gasteiger partial charge in [0, 0.05) is 11.8 Å². The number of hydrogen-bond donors (Lipinski definition) is 1. The molecule has 1 aromatic carbocycles. The monoisotopic (exact) mass is 247 g/mol. The summed E-state index contributed by atoms with van der Waals surface area (Å²) < 4.78 is 28.2. The van der Waals surface area contributed by atoms with Crippen LogP contribution in [-0.2, 0) is 0 Å². The fourth-order valence-corrected chi connectivity index (χ4v) is 1.75. The highest BCUT2D eigenvalue weighted by Crippen LogP contribution is 2.30.